The fourth-order valence-electron chi connectivity index (χ4n) is 1.29. The van der Waals surface area contributed by atoms with Gasteiger partial charge in [0.05, 0.1) is 0 Å². The Kier molecular flexibility index (Phi) is 4.71. The minimum Gasteiger partial charge on any atom is -0.362 e. The van der Waals surface area contributed by atoms with Crippen molar-refractivity contribution < 1.29 is 0 Å². The van der Waals surface area contributed by atoms with Crippen molar-refractivity contribution in [2.75, 3.05) is 11.9 Å². The highest BCUT2D eigenvalue weighted by atomic mass is 35.5. The molecule has 2 aromatic rings. The van der Waals surface area contributed by atoms with Crippen LogP contribution in [-0.2, 0) is 5.75 Å². The first-order valence-electron chi connectivity index (χ1n) is 5.35. The normalized spacial score (nSPS) is 10.5. The molecule has 1 aromatic heterocycles. The molecule has 0 spiro atoms. The van der Waals surface area contributed by atoms with Gasteiger partial charge in [0.2, 0.25) is 0 Å². The number of nitrogens with one attached hydrogen (secondary N) is 1. The van der Waals surface area contributed by atoms with Gasteiger partial charge >= 0.3 is 0 Å². The number of aromatic nitrogens is 1. The highest BCUT2D eigenvalue weighted by molar-refractivity contribution is 7.98. The summed E-state index contributed by atoms with van der Waals surface area (Å²) in [5, 5.41) is 4.99. The zero-order valence-electron chi connectivity index (χ0n) is 9.44. The van der Waals surface area contributed by atoms with Crippen molar-refractivity contribution in [3.05, 3.63) is 40.4 Å². The van der Waals surface area contributed by atoms with Gasteiger partial charge in [-0.2, -0.15) is 0 Å². The minimum absolute atomic E-state index is 0.779. The summed E-state index contributed by atoms with van der Waals surface area (Å²) in [7, 11) is 0. The molecule has 0 saturated carbocycles. The lowest BCUT2D eigenvalue weighted by Crippen LogP contribution is -1.94. The first-order chi connectivity index (χ1) is 8.28. The van der Waals surface area contributed by atoms with E-state index in [1.165, 1.54) is 9.77 Å². The van der Waals surface area contributed by atoms with E-state index in [4.69, 9.17) is 11.6 Å². The van der Waals surface area contributed by atoms with Gasteiger partial charge in [0, 0.05) is 33.3 Å². The second-order valence-electron chi connectivity index (χ2n) is 3.40. The van der Waals surface area contributed by atoms with E-state index in [1.54, 1.807) is 23.1 Å². The van der Waals surface area contributed by atoms with Crippen LogP contribution in [0.4, 0.5) is 5.13 Å². The third-order valence-corrected chi connectivity index (χ3v) is 4.53. The fraction of sp³-hybridized carbons (Fsp3) is 0.250. The molecule has 0 aliphatic carbocycles. The summed E-state index contributed by atoms with van der Waals surface area (Å²) in [6.07, 6.45) is 1.94. The molecule has 0 bridgehead atoms. The number of nitrogens with zero attached hydrogens (tertiary/aromatic N) is 1. The largest absolute Gasteiger partial charge is 0.362 e. The van der Waals surface area contributed by atoms with Crippen LogP contribution in [0.25, 0.3) is 0 Å². The Labute approximate surface area is 114 Å². The average molecular weight is 285 g/mol. The topological polar surface area (TPSA) is 24.9 Å². The summed E-state index contributed by atoms with van der Waals surface area (Å²) in [6.45, 7) is 2.99. The van der Waals surface area contributed by atoms with Crippen LogP contribution in [0, 0.1) is 0 Å². The van der Waals surface area contributed by atoms with Gasteiger partial charge in [0.15, 0.2) is 5.13 Å². The number of anilines is 1. The predicted octanol–water partition coefficient (Wildman–Crippen LogP) is 4.52. The highest BCUT2D eigenvalue weighted by Gasteiger charge is 2.02. The van der Waals surface area contributed by atoms with Crippen LogP contribution in [-0.4, -0.2) is 11.5 Å². The molecule has 5 heteroatoms. The maximum Gasteiger partial charge on any atom is 0.182 e. The molecule has 0 saturated heterocycles. The van der Waals surface area contributed by atoms with Crippen LogP contribution in [0.15, 0.2) is 35.4 Å². The van der Waals surface area contributed by atoms with E-state index in [-0.39, 0.29) is 0 Å². The standard InChI is InChI=1S/C12H13ClN2S2/c1-2-14-12-15-7-11(17-12)8-16-10-5-3-9(13)4-6-10/h3-7H,2,8H2,1H3,(H,14,15). The van der Waals surface area contributed by atoms with E-state index in [1.807, 2.05) is 30.5 Å². The van der Waals surface area contributed by atoms with E-state index < -0.39 is 0 Å². The van der Waals surface area contributed by atoms with Crippen molar-refractivity contribution in [2.24, 2.45) is 0 Å². The Morgan fingerprint density at radius 1 is 1.35 bits per heavy atom. The maximum atomic E-state index is 5.84. The second kappa shape index (κ2) is 6.28. The Morgan fingerprint density at radius 2 is 2.12 bits per heavy atom. The first kappa shape index (κ1) is 12.7. The predicted molar refractivity (Wildman–Crippen MR) is 77.3 cm³/mol. The van der Waals surface area contributed by atoms with E-state index in [9.17, 15) is 0 Å². The third-order valence-electron chi connectivity index (χ3n) is 2.08. The summed E-state index contributed by atoms with van der Waals surface area (Å²) in [5.74, 6) is 0.949. The van der Waals surface area contributed by atoms with Gasteiger partial charge in [-0.3, -0.25) is 0 Å². The molecule has 2 nitrogen and oxygen atoms in total. The Bertz CT molecular complexity index is 468. The quantitative estimate of drug-likeness (QED) is 0.817. The van der Waals surface area contributed by atoms with E-state index in [2.05, 4.69) is 17.2 Å². The fourth-order valence-corrected chi connectivity index (χ4v) is 3.22. The molecular formula is C12H13ClN2S2. The van der Waals surface area contributed by atoms with Crippen LogP contribution >= 0.6 is 34.7 Å². The third kappa shape index (κ3) is 3.91. The van der Waals surface area contributed by atoms with Crippen molar-refractivity contribution in [2.45, 2.75) is 17.6 Å². The molecule has 0 aliphatic heterocycles. The number of thiazole rings is 1. The zero-order chi connectivity index (χ0) is 12.1. The molecule has 0 aliphatic rings. The summed E-state index contributed by atoms with van der Waals surface area (Å²) in [4.78, 5) is 6.81. The van der Waals surface area contributed by atoms with Gasteiger partial charge in [0.25, 0.3) is 0 Å². The molecular weight excluding hydrogens is 272 g/mol. The van der Waals surface area contributed by atoms with Crippen molar-refractivity contribution >= 4 is 39.8 Å². The van der Waals surface area contributed by atoms with Crippen molar-refractivity contribution in [1.29, 1.82) is 0 Å². The van der Waals surface area contributed by atoms with Crippen LogP contribution in [0.1, 0.15) is 11.8 Å². The second-order valence-corrected chi connectivity index (χ2v) is 6.01. The number of thioether (sulfide) groups is 1. The van der Waals surface area contributed by atoms with Gasteiger partial charge in [0.1, 0.15) is 0 Å². The molecule has 90 valence electrons. The van der Waals surface area contributed by atoms with Gasteiger partial charge in [-0.05, 0) is 31.2 Å². The number of hydrogen-bond acceptors (Lipinski definition) is 4. The van der Waals surface area contributed by atoms with Crippen LogP contribution < -0.4 is 5.32 Å². The molecule has 0 atom stereocenters. The molecule has 1 N–H and O–H groups in total. The van der Waals surface area contributed by atoms with E-state index >= 15 is 0 Å². The van der Waals surface area contributed by atoms with Gasteiger partial charge in [-0.15, -0.1) is 23.1 Å². The van der Waals surface area contributed by atoms with Crippen molar-refractivity contribution in [1.82, 2.24) is 4.98 Å². The van der Waals surface area contributed by atoms with E-state index in [0.717, 1.165) is 22.5 Å². The molecule has 0 amide bonds. The van der Waals surface area contributed by atoms with Crippen LogP contribution in [0.5, 0.6) is 0 Å². The zero-order valence-corrected chi connectivity index (χ0v) is 11.8. The summed E-state index contributed by atoms with van der Waals surface area (Å²) in [6, 6.07) is 7.92. The Morgan fingerprint density at radius 3 is 2.82 bits per heavy atom. The first-order valence-corrected chi connectivity index (χ1v) is 7.53. The maximum absolute atomic E-state index is 5.84. The van der Waals surface area contributed by atoms with Crippen LogP contribution in [0.3, 0.4) is 0 Å². The molecule has 17 heavy (non-hydrogen) atoms. The van der Waals surface area contributed by atoms with Gasteiger partial charge in [-0.1, -0.05) is 11.6 Å². The number of rotatable bonds is 5. The molecule has 1 aromatic carbocycles. The molecule has 0 unspecified atom stereocenters. The highest BCUT2D eigenvalue weighted by Crippen LogP contribution is 2.28. The smallest absolute Gasteiger partial charge is 0.182 e. The molecule has 1 heterocycles. The monoisotopic (exact) mass is 284 g/mol. The van der Waals surface area contributed by atoms with Gasteiger partial charge < -0.3 is 5.32 Å². The van der Waals surface area contributed by atoms with Crippen molar-refractivity contribution in [3.63, 3.8) is 0 Å². The summed E-state index contributed by atoms with van der Waals surface area (Å²) in [5.41, 5.74) is 0. The Hall–Kier alpha value is -0.710. The minimum atomic E-state index is 0.779. The number of halogens is 1. The Balaban J connectivity index is 1.90. The van der Waals surface area contributed by atoms with E-state index in [0.29, 0.717) is 0 Å². The van der Waals surface area contributed by atoms with Gasteiger partial charge in [-0.25, -0.2) is 4.98 Å². The molecule has 0 fully saturated rings. The number of hydrogen-bond donors (Lipinski definition) is 1. The van der Waals surface area contributed by atoms with Crippen molar-refractivity contribution in [3.8, 4) is 0 Å². The SMILES string of the molecule is CCNc1ncc(CSc2ccc(Cl)cc2)s1. The lowest BCUT2D eigenvalue weighted by atomic mass is 10.4. The molecule has 0 radical (unpaired) electrons. The summed E-state index contributed by atoms with van der Waals surface area (Å²) >= 11 is 9.35. The lowest BCUT2D eigenvalue weighted by Gasteiger charge is -1.99. The molecule has 2 rings (SSSR count). The lowest BCUT2D eigenvalue weighted by molar-refractivity contribution is 1.19. The van der Waals surface area contributed by atoms with Crippen LogP contribution in [0.2, 0.25) is 5.02 Å². The number of benzene rings is 1. The average Bonchev–Trinajstić information content (AvgIpc) is 2.77. The summed E-state index contributed by atoms with van der Waals surface area (Å²) < 4.78 is 0.